The molecule has 0 saturated carbocycles. The molecule has 2 aromatic rings. The van der Waals surface area contributed by atoms with Gasteiger partial charge in [0.05, 0.1) is 12.5 Å². The summed E-state index contributed by atoms with van der Waals surface area (Å²) in [7, 11) is 0. The van der Waals surface area contributed by atoms with Crippen molar-refractivity contribution in [2.24, 2.45) is 0 Å². The number of aldehydes is 1. The molecule has 0 aliphatic rings. The van der Waals surface area contributed by atoms with E-state index in [-0.39, 0.29) is 0 Å². The Morgan fingerprint density at radius 1 is 1.25 bits per heavy atom. The van der Waals surface area contributed by atoms with E-state index < -0.39 is 0 Å². The van der Waals surface area contributed by atoms with Crippen LogP contribution in [-0.4, -0.2) is 15.8 Å². The Bertz CT molecular complexity index is 448. The third kappa shape index (κ3) is 2.57. The molecule has 0 fully saturated rings. The third-order valence-corrected chi connectivity index (χ3v) is 2.57. The summed E-state index contributed by atoms with van der Waals surface area (Å²) in [6.45, 7) is 0.836. The van der Waals surface area contributed by atoms with Crippen LogP contribution in [0.25, 0.3) is 0 Å². The molecule has 0 radical (unpaired) electrons. The molecule has 1 aromatic heterocycles. The van der Waals surface area contributed by atoms with E-state index in [1.165, 1.54) is 5.56 Å². The van der Waals surface area contributed by atoms with Gasteiger partial charge in [-0.1, -0.05) is 30.3 Å². The standard InChI is InChI=1S/C13H14N2O/c16-10-13-9-14-11-15(13)8-4-7-12-5-2-1-3-6-12/h1-3,5-6,9-11H,4,7-8H2. The number of benzene rings is 1. The Morgan fingerprint density at radius 3 is 2.81 bits per heavy atom. The summed E-state index contributed by atoms with van der Waals surface area (Å²) in [6, 6.07) is 10.3. The Balaban J connectivity index is 1.87. The minimum atomic E-state index is 0.646. The lowest BCUT2D eigenvalue weighted by molar-refractivity contribution is 0.111. The van der Waals surface area contributed by atoms with Gasteiger partial charge >= 0.3 is 0 Å². The van der Waals surface area contributed by atoms with Crippen LogP contribution in [0.2, 0.25) is 0 Å². The van der Waals surface area contributed by atoms with E-state index in [0.717, 1.165) is 25.7 Å². The molecule has 0 unspecified atom stereocenters. The van der Waals surface area contributed by atoms with E-state index in [1.807, 2.05) is 22.8 Å². The second-order valence-corrected chi connectivity index (χ2v) is 3.72. The lowest BCUT2D eigenvalue weighted by atomic mass is 10.1. The van der Waals surface area contributed by atoms with Gasteiger partial charge in [-0.15, -0.1) is 0 Å². The average molecular weight is 214 g/mol. The van der Waals surface area contributed by atoms with Crippen molar-refractivity contribution < 1.29 is 4.79 Å². The van der Waals surface area contributed by atoms with Gasteiger partial charge in [0, 0.05) is 6.54 Å². The summed E-state index contributed by atoms with van der Waals surface area (Å²) in [4.78, 5) is 14.6. The average Bonchev–Trinajstić information content (AvgIpc) is 2.78. The molecule has 82 valence electrons. The minimum Gasteiger partial charge on any atom is -0.328 e. The molecule has 3 heteroatoms. The molecule has 0 spiro atoms. The maximum Gasteiger partial charge on any atom is 0.168 e. The van der Waals surface area contributed by atoms with Crippen molar-refractivity contribution in [3.8, 4) is 0 Å². The molecule has 1 heterocycles. The highest BCUT2D eigenvalue weighted by Crippen LogP contribution is 2.05. The third-order valence-electron chi connectivity index (χ3n) is 2.57. The molecule has 0 aliphatic heterocycles. The number of carbonyl (C=O) groups excluding carboxylic acids is 1. The molecule has 0 aliphatic carbocycles. The van der Waals surface area contributed by atoms with Crippen LogP contribution < -0.4 is 0 Å². The molecular formula is C13H14N2O. The fourth-order valence-electron chi connectivity index (χ4n) is 1.71. The molecule has 16 heavy (non-hydrogen) atoms. The van der Waals surface area contributed by atoms with Crippen molar-refractivity contribution in [1.29, 1.82) is 0 Å². The van der Waals surface area contributed by atoms with Gasteiger partial charge in [-0.3, -0.25) is 4.79 Å². The van der Waals surface area contributed by atoms with E-state index >= 15 is 0 Å². The van der Waals surface area contributed by atoms with Crippen LogP contribution in [0.1, 0.15) is 22.5 Å². The van der Waals surface area contributed by atoms with Crippen LogP contribution >= 0.6 is 0 Å². The predicted molar refractivity (Wildman–Crippen MR) is 62.4 cm³/mol. The predicted octanol–water partition coefficient (Wildman–Crippen LogP) is 2.33. The van der Waals surface area contributed by atoms with E-state index in [2.05, 4.69) is 17.1 Å². The number of aromatic nitrogens is 2. The summed E-state index contributed by atoms with van der Waals surface area (Å²) >= 11 is 0. The summed E-state index contributed by atoms with van der Waals surface area (Å²) in [5.74, 6) is 0. The second kappa shape index (κ2) is 5.26. The van der Waals surface area contributed by atoms with Crippen LogP contribution in [0.4, 0.5) is 0 Å². The maximum absolute atomic E-state index is 10.7. The SMILES string of the molecule is O=Cc1cncn1CCCc1ccccc1. The van der Waals surface area contributed by atoms with E-state index in [1.54, 1.807) is 12.5 Å². The summed E-state index contributed by atoms with van der Waals surface area (Å²) in [5, 5.41) is 0. The van der Waals surface area contributed by atoms with Gasteiger partial charge in [0.2, 0.25) is 0 Å². The summed E-state index contributed by atoms with van der Waals surface area (Å²) < 4.78 is 1.88. The van der Waals surface area contributed by atoms with Crippen LogP contribution in [0.5, 0.6) is 0 Å². The van der Waals surface area contributed by atoms with E-state index in [4.69, 9.17) is 0 Å². The largest absolute Gasteiger partial charge is 0.328 e. The zero-order valence-electron chi connectivity index (χ0n) is 9.04. The van der Waals surface area contributed by atoms with Gasteiger partial charge in [0.1, 0.15) is 5.69 Å². The number of aryl methyl sites for hydroxylation is 2. The van der Waals surface area contributed by atoms with E-state index in [9.17, 15) is 4.79 Å². The number of rotatable bonds is 5. The van der Waals surface area contributed by atoms with Crippen LogP contribution in [0.3, 0.4) is 0 Å². The smallest absolute Gasteiger partial charge is 0.168 e. The van der Waals surface area contributed by atoms with Crippen molar-refractivity contribution in [3.05, 3.63) is 54.1 Å². The first-order valence-corrected chi connectivity index (χ1v) is 5.39. The number of hydrogen-bond donors (Lipinski definition) is 0. The van der Waals surface area contributed by atoms with Gasteiger partial charge in [-0.2, -0.15) is 0 Å². The zero-order valence-corrected chi connectivity index (χ0v) is 9.04. The molecule has 0 atom stereocenters. The van der Waals surface area contributed by atoms with Crippen molar-refractivity contribution in [2.45, 2.75) is 19.4 Å². The molecular weight excluding hydrogens is 200 g/mol. The summed E-state index contributed by atoms with van der Waals surface area (Å²) in [5.41, 5.74) is 1.98. The molecule has 0 bridgehead atoms. The van der Waals surface area contributed by atoms with Gasteiger partial charge in [0.25, 0.3) is 0 Å². The molecule has 0 amide bonds. The van der Waals surface area contributed by atoms with Crippen molar-refractivity contribution in [2.75, 3.05) is 0 Å². The number of imidazole rings is 1. The first kappa shape index (κ1) is 10.6. The quantitative estimate of drug-likeness (QED) is 0.716. The number of hydrogen-bond acceptors (Lipinski definition) is 2. The molecule has 0 saturated heterocycles. The highest BCUT2D eigenvalue weighted by molar-refractivity contribution is 5.71. The molecule has 3 nitrogen and oxygen atoms in total. The number of carbonyl (C=O) groups is 1. The van der Waals surface area contributed by atoms with Crippen molar-refractivity contribution in [3.63, 3.8) is 0 Å². The van der Waals surface area contributed by atoms with Gasteiger partial charge in [-0.05, 0) is 18.4 Å². The van der Waals surface area contributed by atoms with Gasteiger partial charge in [0.15, 0.2) is 6.29 Å². The first-order valence-electron chi connectivity index (χ1n) is 5.39. The Kier molecular flexibility index (Phi) is 3.49. The van der Waals surface area contributed by atoms with Crippen LogP contribution in [0, 0.1) is 0 Å². The van der Waals surface area contributed by atoms with Gasteiger partial charge < -0.3 is 4.57 Å². The lowest BCUT2D eigenvalue weighted by Crippen LogP contribution is -2.02. The maximum atomic E-state index is 10.7. The zero-order chi connectivity index (χ0) is 11.2. The Morgan fingerprint density at radius 2 is 2.06 bits per heavy atom. The molecule has 2 rings (SSSR count). The highest BCUT2D eigenvalue weighted by atomic mass is 16.1. The highest BCUT2D eigenvalue weighted by Gasteiger charge is 1.99. The topological polar surface area (TPSA) is 34.9 Å². The Labute approximate surface area is 94.7 Å². The molecule has 1 aromatic carbocycles. The van der Waals surface area contributed by atoms with Crippen LogP contribution in [-0.2, 0) is 13.0 Å². The van der Waals surface area contributed by atoms with Crippen molar-refractivity contribution >= 4 is 6.29 Å². The fourth-order valence-corrected chi connectivity index (χ4v) is 1.71. The minimum absolute atomic E-state index is 0.646. The normalized spacial score (nSPS) is 10.2. The Hall–Kier alpha value is -1.90. The first-order chi connectivity index (χ1) is 7.90. The lowest BCUT2D eigenvalue weighted by Gasteiger charge is -2.04. The number of nitrogens with zero attached hydrogens (tertiary/aromatic N) is 2. The van der Waals surface area contributed by atoms with Crippen LogP contribution in [0.15, 0.2) is 42.9 Å². The van der Waals surface area contributed by atoms with Gasteiger partial charge in [-0.25, -0.2) is 4.98 Å². The monoisotopic (exact) mass is 214 g/mol. The summed E-state index contributed by atoms with van der Waals surface area (Å²) in [6.07, 6.45) is 6.18. The van der Waals surface area contributed by atoms with E-state index in [0.29, 0.717) is 5.69 Å². The fraction of sp³-hybridized carbons (Fsp3) is 0.231. The second-order valence-electron chi connectivity index (χ2n) is 3.72. The molecule has 0 N–H and O–H groups in total. The van der Waals surface area contributed by atoms with Crippen molar-refractivity contribution in [1.82, 2.24) is 9.55 Å².